The molecule has 2 rings (SSSR count). The first-order valence-electron chi connectivity index (χ1n) is 6.67. The third-order valence-electron chi connectivity index (χ3n) is 3.49. The number of nitrogen functional groups attached to an aromatic ring is 1. The first kappa shape index (κ1) is 15.1. The van der Waals surface area contributed by atoms with Crippen LogP contribution in [0.25, 0.3) is 0 Å². The Kier molecular flexibility index (Phi) is 4.85. The molecule has 4 N–H and O–H groups in total. The standard InChI is InChI=1S/C13H21N3O3S/c1-15-20(17,18)11-2-3-13(12(14)8-11)16-6-4-10-5-7-19-9-10/h2-3,8,10,15-16H,4-7,9,14H2,1H3. The summed E-state index contributed by atoms with van der Waals surface area (Å²) in [5.41, 5.74) is 7.08. The van der Waals surface area contributed by atoms with Crippen LogP contribution in [0.1, 0.15) is 12.8 Å². The number of hydrogen-bond donors (Lipinski definition) is 3. The van der Waals surface area contributed by atoms with Crippen molar-refractivity contribution < 1.29 is 13.2 Å². The Balaban J connectivity index is 1.95. The molecule has 0 aromatic heterocycles. The molecule has 0 aliphatic carbocycles. The van der Waals surface area contributed by atoms with Gasteiger partial charge in [0.1, 0.15) is 0 Å². The second-order valence-electron chi connectivity index (χ2n) is 4.90. The smallest absolute Gasteiger partial charge is 0.240 e. The van der Waals surface area contributed by atoms with E-state index in [1.165, 1.54) is 13.1 Å². The lowest BCUT2D eigenvalue weighted by atomic mass is 10.1. The van der Waals surface area contributed by atoms with Crippen molar-refractivity contribution in [2.45, 2.75) is 17.7 Å². The van der Waals surface area contributed by atoms with Gasteiger partial charge in [0.2, 0.25) is 10.0 Å². The molecule has 1 fully saturated rings. The fourth-order valence-corrected chi connectivity index (χ4v) is 2.97. The maximum atomic E-state index is 11.7. The molecule has 7 heteroatoms. The minimum absolute atomic E-state index is 0.173. The minimum Gasteiger partial charge on any atom is -0.397 e. The molecule has 1 heterocycles. The highest BCUT2D eigenvalue weighted by atomic mass is 32.2. The molecule has 1 unspecified atom stereocenters. The van der Waals surface area contributed by atoms with E-state index in [0.29, 0.717) is 11.6 Å². The fraction of sp³-hybridized carbons (Fsp3) is 0.538. The van der Waals surface area contributed by atoms with E-state index in [0.717, 1.165) is 38.3 Å². The van der Waals surface area contributed by atoms with Gasteiger partial charge in [-0.15, -0.1) is 0 Å². The molecule has 1 aliphatic rings. The van der Waals surface area contributed by atoms with E-state index in [-0.39, 0.29) is 4.90 Å². The van der Waals surface area contributed by atoms with Crippen LogP contribution >= 0.6 is 0 Å². The van der Waals surface area contributed by atoms with E-state index in [1.54, 1.807) is 12.1 Å². The maximum Gasteiger partial charge on any atom is 0.240 e. The molecular weight excluding hydrogens is 278 g/mol. The van der Waals surface area contributed by atoms with Crippen LogP contribution in [0.15, 0.2) is 23.1 Å². The number of rotatable bonds is 6. The van der Waals surface area contributed by atoms with E-state index in [2.05, 4.69) is 10.0 Å². The summed E-state index contributed by atoms with van der Waals surface area (Å²) in [4.78, 5) is 0.173. The van der Waals surface area contributed by atoms with E-state index in [9.17, 15) is 8.42 Å². The highest BCUT2D eigenvalue weighted by Gasteiger charge is 2.16. The third-order valence-corrected chi connectivity index (χ3v) is 4.91. The zero-order chi connectivity index (χ0) is 14.6. The summed E-state index contributed by atoms with van der Waals surface area (Å²) in [6, 6.07) is 4.71. The van der Waals surface area contributed by atoms with Crippen molar-refractivity contribution in [2.24, 2.45) is 5.92 Å². The highest BCUT2D eigenvalue weighted by molar-refractivity contribution is 7.89. The van der Waals surface area contributed by atoms with Crippen LogP contribution in [0.2, 0.25) is 0 Å². The van der Waals surface area contributed by atoms with Crippen LogP contribution in [0.4, 0.5) is 11.4 Å². The van der Waals surface area contributed by atoms with Gasteiger partial charge in [-0.1, -0.05) is 0 Å². The van der Waals surface area contributed by atoms with Crippen LogP contribution in [0.3, 0.4) is 0 Å². The lowest BCUT2D eigenvalue weighted by Crippen LogP contribution is -2.19. The van der Waals surface area contributed by atoms with Crippen molar-refractivity contribution in [1.82, 2.24) is 4.72 Å². The third kappa shape index (κ3) is 3.62. The molecule has 0 amide bonds. The Morgan fingerprint density at radius 1 is 1.45 bits per heavy atom. The molecule has 1 saturated heterocycles. The Hall–Kier alpha value is -1.31. The summed E-state index contributed by atoms with van der Waals surface area (Å²) >= 11 is 0. The molecule has 1 atom stereocenters. The lowest BCUT2D eigenvalue weighted by molar-refractivity contribution is 0.185. The summed E-state index contributed by atoms with van der Waals surface area (Å²) in [5.74, 6) is 0.604. The molecule has 20 heavy (non-hydrogen) atoms. The first-order valence-corrected chi connectivity index (χ1v) is 8.16. The molecule has 0 bridgehead atoms. The molecular formula is C13H21N3O3S. The highest BCUT2D eigenvalue weighted by Crippen LogP contribution is 2.23. The van der Waals surface area contributed by atoms with Crippen molar-refractivity contribution in [3.8, 4) is 0 Å². The number of benzene rings is 1. The lowest BCUT2D eigenvalue weighted by Gasteiger charge is -2.13. The van der Waals surface area contributed by atoms with Gasteiger partial charge in [0.05, 0.1) is 16.3 Å². The van der Waals surface area contributed by atoms with Crippen LogP contribution in [-0.4, -0.2) is 35.2 Å². The molecule has 6 nitrogen and oxygen atoms in total. The van der Waals surface area contributed by atoms with Gasteiger partial charge in [-0.05, 0) is 44.0 Å². The monoisotopic (exact) mass is 299 g/mol. The molecule has 0 saturated carbocycles. The van der Waals surface area contributed by atoms with Crippen molar-refractivity contribution in [3.05, 3.63) is 18.2 Å². The topological polar surface area (TPSA) is 93.5 Å². The number of ether oxygens (including phenoxy) is 1. The van der Waals surface area contributed by atoms with Crippen molar-refractivity contribution in [3.63, 3.8) is 0 Å². The van der Waals surface area contributed by atoms with Gasteiger partial charge >= 0.3 is 0 Å². The second-order valence-corrected chi connectivity index (χ2v) is 6.79. The normalized spacial score (nSPS) is 19.1. The Bertz CT molecular complexity index is 554. The molecule has 0 radical (unpaired) electrons. The largest absolute Gasteiger partial charge is 0.397 e. The average Bonchev–Trinajstić information content (AvgIpc) is 2.93. The van der Waals surface area contributed by atoms with E-state index >= 15 is 0 Å². The molecule has 112 valence electrons. The van der Waals surface area contributed by atoms with Crippen LogP contribution in [0.5, 0.6) is 0 Å². The number of nitrogens with two attached hydrogens (primary N) is 1. The van der Waals surface area contributed by atoms with Gasteiger partial charge in [0.15, 0.2) is 0 Å². The SMILES string of the molecule is CNS(=O)(=O)c1ccc(NCCC2CCOC2)c(N)c1. The summed E-state index contributed by atoms with van der Waals surface area (Å²) in [6.45, 7) is 2.48. The first-order chi connectivity index (χ1) is 9.53. The summed E-state index contributed by atoms with van der Waals surface area (Å²) in [7, 11) is -2.07. The molecule has 1 aromatic rings. The van der Waals surface area contributed by atoms with Crippen molar-refractivity contribution in [2.75, 3.05) is 37.9 Å². The summed E-state index contributed by atoms with van der Waals surface area (Å²) in [5, 5.41) is 3.24. The number of hydrogen-bond acceptors (Lipinski definition) is 5. The van der Waals surface area contributed by atoms with Crippen molar-refractivity contribution in [1.29, 1.82) is 0 Å². The van der Waals surface area contributed by atoms with Crippen LogP contribution in [0, 0.1) is 5.92 Å². The van der Waals surface area contributed by atoms with Gasteiger partial charge in [0, 0.05) is 19.8 Å². The van der Waals surface area contributed by atoms with E-state index in [1.807, 2.05) is 0 Å². The summed E-state index contributed by atoms with van der Waals surface area (Å²) in [6.07, 6.45) is 2.13. The van der Waals surface area contributed by atoms with Gasteiger partial charge < -0.3 is 15.8 Å². The zero-order valence-electron chi connectivity index (χ0n) is 11.6. The van der Waals surface area contributed by atoms with Gasteiger partial charge in [0.25, 0.3) is 0 Å². The number of anilines is 2. The minimum atomic E-state index is -3.45. The second kappa shape index (κ2) is 6.43. The Labute approximate surface area is 119 Å². The summed E-state index contributed by atoms with van der Waals surface area (Å²) < 4.78 is 30.9. The fourth-order valence-electron chi connectivity index (χ4n) is 2.21. The molecule has 1 aromatic carbocycles. The van der Waals surface area contributed by atoms with Crippen molar-refractivity contribution >= 4 is 21.4 Å². The maximum absolute atomic E-state index is 11.7. The van der Waals surface area contributed by atoms with Gasteiger partial charge in [-0.3, -0.25) is 0 Å². The van der Waals surface area contributed by atoms with E-state index < -0.39 is 10.0 Å². The Morgan fingerprint density at radius 2 is 2.25 bits per heavy atom. The molecule has 1 aliphatic heterocycles. The zero-order valence-corrected chi connectivity index (χ0v) is 12.4. The van der Waals surface area contributed by atoms with Gasteiger partial charge in [-0.25, -0.2) is 13.1 Å². The van der Waals surface area contributed by atoms with Gasteiger partial charge in [-0.2, -0.15) is 0 Å². The van der Waals surface area contributed by atoms with Crippen LogP contribution in [-0.2, 0) is 14.8 Å². The quantitative estimate of drug-likeness (QED) is 0.682. The number of sulfonamides is 1. The van der Waals surface area contributed by atoms with E-state index in [4.69, 9.17) is 10.5 Å². The predicted molar refractivity (Wildman–Crippen MR) is 79.1 cm³/mol. The molecule has 0 spiro atoms. The average molecular weight is 299 g/mol. The number of nitrogens with one attached hydrogen (secondary N) is 2. The Morgan fingerprint density at radius 3 is 2.85 bits per heavy atom. The predicted octanol–water partition coefficient (Wildman–Crippen LogP) is 1.02. The van der Waals surface area contributed by atoms with Crippen LogP contribution < -0.4 is 15.8 Å².